The molecule has 0 radical (unpaired) electrons. The zero-order valence-corrected chi connectivity index (χ0v) is 11.1. The van der Waals surface area contributed by atoms with E-state index in [2.05, 4.69) is 20.4 Å². The standard InChI is InChI=1S/C12H12BN8.CH4/c1-5-14-18(9-1)13(19-10-2-6-15-19,20-11-3-7-16-20)21-12-4-8-17-21;/h1-12H;1H4/q-1;. The van der Waals surface area contributed by atoms with Gasteiger partial charge in [-0.15, -0.1) is 0 Å². The quantitative estimate of drug-likeness (QED) is 0.527. The molecule has 0 amide bonds. The molecule has 9 heteroatoms. The molecule has 0 atom stereocenters. The third kappa shape index (κ3) is 1.79. The summed E-state index contributed by atoms with van der Waals surface area (Å²) in [7, 11) is 0. The van der Waals surface area contributed by atoms with Gasteiger partial charge in [-0.25, -0.2) is 20.4 Å². The van der Waals surface area contributed by atoms with Crippen molar-refractivity contribution >= 4 is 6.69 Å². The summed E-state index contributed by atoms with van der Waals surface area (Å²) in [4.78, 5) is 0. The minimum atomic E-state index is -1.83. The lowest BCUT2D eigenvalue weighted by Gasteiger charge is -2.41. The van der Waals surface area contributed by atoms with Crippen LogP contribution in [0.4, 0.5) is 0 Å². The van der Waals surface area contributed by atoms with Gasteiger partial charge in [0, 0.05) is 24.8 Å². The van der Waals surface area contributed by atoms with Gasteiger partial charge in [0.25, 0.3) is 0 Å². The third-order valence-corrected chi connectivity index (χ3v) is 3.52. The Bertz CT molecular complexity index is 644. The van der Waals surface area contributed by atoms with Gasteiger partial charge in [0.1, 0.15) is 0 Å². The largest absolute Gasteiger partial charge is 0.466 e. The summed E-state index contributed by atoms with van der Waals surface area (Å²) in [6, 6.07) is 7.47. The molecule has 8 nitrogen and oxygen atoms in total. The van der Waals surface area contributed by atoms with Crippen molar-refractivity contribution in [2.75, 3.05) is 0 Å². The maximum atomic E-state index is 4.42. The highest BCUT2D eigenvalue weighted by Crippen LogP contribution is 2.13. The van der Waals surface area contributed by atoms with Crippen molar-refractivity contribution in [2.24, 2.45) is 0 Å². The molecular formula is C13H16BN8-. The fourth-order valence-electron chi connectivity index (χ4n) is 2.67. The van der Waals surface area contributed by atoms with E-state index in [1.165, 1.54) is 0 Å². The van der Waals surface area contributed by atoms with Crippen LogP contribution in [0, 0.1) is 0 Å². The molecule has 0 N–H and O–H groups in total. The monoisotopic (exact) mass is 295 g/mol. The first kappa shape index (κ1) is 13.9. The fraction of sp³-hybridized carbons (Fsp3) is 0.0769. The van der Waals surface area contributed by atoms with Crippen molar-refractivity contribution < 1.29 is 0 Å². The normalized spacial score (nSPS) is 11.3. The molecule has 0 spiro atoms. The molecule has 112 valence electrons. The molecule has 4 aromatic rings. The van der Waals surface area contributed by atoms with Crippen LogP contribution in [0.25, 0.3) is 0 Å². The van der Waals surface area contributed by atoms with E-state index in [0.29, 0.717) is 0 Å². The summed E-state index contributed by atoms with van der Waals surface area (Å²) in [6.07, 6.45) is 14.4. The molecule has 0 saturated heterocycles. The molecule has 4 rings (SSSR count). The van der Waals surface area contributed by atoms with Gasteiger partial charge < -0.3 is 18.4 Å². The van der Waals surface area contributed by atoms with Crippen LogP contribution in [-0.2, 0) is 0 Å². The summed E-state index contributed by atoms with van der Waals surface area (Å²) in [5.74, 6) is 0. The minimum absolute atomic E-state index is 0. The molecule has 0 saturated carbocycles. The Kier molecular flexibility index (Phi) is 3.38. The maximum Gasteiger partial charge on any atom is 0.466 e. The first-order valence-electron chi connectivity index (χ1n) is 6.57. The Morgan fingerprint density at radius 3 is 0.955 bits per heavy atom. The first-order valence-corrected chi connectivity index (χ1v) is 6.57. The van der Waals surface area contributed by atoms with Crippen LogP contribution >= 0.6 is 0 Å². The van der Waals surface area contributed by atoms with E-state index in [-0.39, 0.29) is 7.43 Å². The highest BCUT2D eigenvalue weighted by molar-refractivity contribution is 6.72. The number of aromatic nitrogens is 8. The summed E-state index contributed by atoms with van der Waals surface area (Å²) < 4.78 is 7.25. The van der Waals surface area contributed by atoms with Crippen LogP contribution in [0.15, 0.2) is 73.8 Å². The Morgan fingerprint density at radius 2 is 0.773 bits per heavy atom. The molecular weight excluding hydrogens is 279 g/mol. The van der Waals surface area contributed by atoms with Gasteiger partial charge in [-0.05, 0) is 49.1 Å². The van der Waals surface area contributed by atoms with Crippen molar-refractivity contribution in [3.8, 4) is 0 Å². The average molecular weight is 295 g/mol. The van der Waals surface area contributed by atoms with Crippen molar-refractivity contribution in [3.63, 3.8) is 0 Å². The summed E-state index contributed by atoms with van der Waals surface area (Å²) in [5.41, 5.74) is 0. The molecule has 0 aromatic carbocycles. The second-order valence-electron chi connectivity index (χ2n) is 4.64. The van der Waals surface area contributed by atoms with E-state index < -0.39 is 6.69 Å². The van der Waals surface area contributed by atoms with Gasteiger partial charge in [0.2, 0.25) is 0 Å². The smallest absolute Gasteiger partial charge is 0.379 e. The zero-order valence-electron chi connectivity index (χ0n) is 11.1. The lowest BCUT2D eigenvalue weighted by molar-refractivity contribution is 0.655. The van der Waals surface area contributed by atoms with Crippen molar-refractivity contribution in [2.45, 2.75) is 7.43 Å². The molecule has 0 aliphatic rings. The number of nitrogens with zero attached hydrogens (tertiary/aromatic N) is 8. The van der Waals surface area contributed by atoms with Crippen molar-refractivity contribution in [1.29, 1.82) is 0 Å². The number of hydrogen-bond donors (Lipinski definition) is 0. The van der Waals surface area contributed by atoms with Crippen LogP contribution < -0.4 is 0 Å². The second kappa shape index (κ2) is 5.36. The zero-order chi connectivity index (χ0) is 14.1. The van der Waals surface area contributed by atoms with Crippen molar-refractivity contribution in [3.05, 3.63) is 73.8 Å². The summed E-state index contributed by atoms with van der Waals surface area (Å²) in [6.45, 7) is -1.83. The maximum absolute atomic E-state index is 4.42. The molecule has 0 fully saturated rings. The van der Waals surface area contributed by atoms with Crippen molar-refractivity contribution in [1.82, 2.24) is 38.8 Å². The van der Waals surface area contributed by atoms with Gasteiger partial charge >= 0.3 is 6.69 Å². The molecule has 0 bridgehead atoms. The predicted molar refractivity (Wildman–Crippen MR) is 83.0 cm³/mol. The van der Waals surface area contributed by atoms with Gasteiger partial charge in [0.05, 0.1) is 0 Å². The minimum Gasteiger partial charge on any atom is -0.379 e. The van der Waals surface area contributed by atoms with Gasteiger partial charge in [-0.1, -0.05) is 7.43 Å². The lowest BCUT2D eigenvalue weighted by Crippen LogP contribution is -2.65. The molecule has 4 aromatic heterocycles. The van der Waals surface area contributed by atoms with Crippen LogP contribution in [0.1, 0.15) is 7.43 Å². The SMILES string of the molecule is C.c1cnn([B-](n2cccn2)(n2cccn2)n2cccn2)c1. The number of rotatable bonds is 4. The number of hydrogen-bond acceptors (Lipinski definition) is 4. The summed E-state index contributed by atoms with van der Waals surface area (Å²) >= 11 is 0. The Balaban J connectivity index is 0.00000144. The van der Waals surface area contributed by atoms with Crippen LogP contribution in [-0.4, -0.2) is 45.5 Å². The Labute approximate surface area is 127 Å². The summed E-state index contributed by atoms with van der Waals surface area (Å²) in [5, 5.41) is 17.7. The van der Waals surface area contributed by atoms with E-state index in [1.807, 2.05) is 67.4 Å². The third-order valence-electron chi connectivity index (χ3n) is 3.52. The van der Waals surface area contributed by atoms with E-state index in [1.54, 1.807) is 24.8 Å². The average Bonchev–Trinajstić information content (AvgIpc) is 3.32. The lowest BCUT2D eigenvalue weighted by atomic mass is 9.75. The highest BCUT2D eigenvalue weighted by Gasteiger charge is 2.38. The first-order chi connectivity index (χ1) is 10.4. The predicted octanol–water partition coefficient (Wildman–Crippen LogP) is 1.04. The molecule has 0 unspecified atom stereocenters. The van der Waals surface area contributed by atoms with Gasteiger partial charge in [0.15, 0.2) is 0 Å². The van der Waals surface area contributed by atoms with Crippen LogP contribution in [0.3, 0.4) is 0 Å². The second-order valence-corrected chi connectivity index (χ2v) is 4.64. The van der Waals surface area contributed by atoms with E-state index in [9.17, 15) is 0 Å². The van der Waals surface area contributed by atoms with E-state index in [4.69, 9.17) is 0 Å². The van der Waals surface area contributed by atoms with E-state index in [0.717, 1.165) is 0 Å². The topological polar surface area (TPSA) is 71.3 Å². The molecule has 22 heavy (non-hydrogen) atoms. The van der Waals surface area contributed by atoms with E-state index >= 15 is 0 Å². The van der Waals surface area contributed by atoms with Crippen LogP contribution in [0.5, 0.6) is 0 Å². The molecule has 0 aliphatic carbocycles. The molecule has 4 heterocycles. The molecule has 0 aliphatic heterocycles. The van der Waals surface area contributed by atoms with Gasteiger partial charge in [-0.2, -0.15) is 0 Å². The van der Waals surface area contributed by atoms with Crippen LogP contribution in [0.2, 0.25) is 0 Å². The Hall–Kier alpha value is -3.10. The fourth-order valence-corrected chi connectivity index (χ4v) is 2.67. The highest BCUT2D eigenvalue weighted by atomic mass is 15.6. The Morgan fingerprint density at radius 1 is 0.500 bits per heavy atom. The van der Waals surface area contributed by atoms with Gasteiger partial charge in [-0.3, -0.25) is 0 Å².